The van der Waals surface area contributed by atoms with E-state index < -0.39 is 12.1 Å². The van der Waals surface area contributed by atoms with Gasteiger partial charge in [-0.2, -0.15) is 0 Å². The van der Waals surface area contributed by atoms with Gasteiger partial charge in [-0.05, 0) is 12.8 Å². The molecule has 2 atom stereocenters. The largest absolute Gasteiger partial charge is 0.479 e. The monoisotopic (exact) mass is 227 g/mol. The summed E-state index contributed by atoms with van der Waals surface area (Å²) in [4.78, 5) is 34.5. The molecule has 0 aliphatic carbocycles. The van der Waals surface area contributed by atoms with Crippen LogP contribution in [0.2, 0.25) is 0 Å². The molecule has 2 heterocycles. The Morgan fingerprint density at radius 2 is 1.94 bits per heavy atom. The minimum Gasteiger partial charge on any atom is -0.479 e. The molecule has 2 rings (SSSR count). The number of ether oxygens (including phenoxy) is 1. The second-order valence-electron chi connectivity index (χ2n) is 4.06. The molecule has 0 bridgehead atoms. The summed E-state index contributed by atoms with van der Waals surface area (Å²) in [7, 11) is 0. The van der Waals surface area contributed by atoms with Crippen LogP contribution < -0.4 is 0 Å². The van der Waals surface area contributed by atoms with Gasteiger partial charge >= 0.3 is 5.97 Å². The predicted molar refractivity (Wildman–Crippen MR) is 51.5 cm³/mol. The van der Waals surface area contributed by atoms with Crippen molar-refractivity contribution in [2.75, 3.05) is 6.54 Å². The number of carbonyl (C=O) groups excluding carboxylic acids is 2. The van der Waals surface area contributed by atoms with Gasteiger partial charge in [0.25, 0.3) is 0 Å². The summed E-state index contributed by atoms with van der Waals surface area (Å²) in [6.07, 6.45) is 0.413. The number of hydrogen-bond donors (Lipinski definition) is 1. The average molecular weight is 227 g/mol. The zero-order valence-corrected chi connectivity index (χ0v) is 8.72. The van der Waals surface area contributed by atoms with Crippen LogP contribution in [0.15, 0.2) is 0 Å². The van der Waals surface area contributed by atoms with Crippen molar-refractivity contribution < 1.29 is 24.2 Å². The first kappa shape index (κ1) is 11.1. The van der Waals surface area contributed by atoms with E-state index in [4.69, 9.17) is 9.84 Å². The van der Waals surface area contributed by atoms with Crippen molar-refractivity contribution in [2.24, 2.45) is 0 Å². The highest BCUT2D eigenvalue weighted by molar-refractivity contribution is 6.01. The van der Waals surface area contributed by atoms with Gasteiger partial charge < -0.3 is 9.84 Å². The Kier molecular flexibility index (Phi) is 2.91. The van der Waals surface area contributed by atoms with Gasteiger partial charge in [-0.3, -0.25) is 14.5 Å². The number of likely N-dealkylation sites (tertiary alicyclic amines) is 1. The molecule has 2 amide bonds. The van der Waals surface area contributed by atoms with E-state index in [1.165, 1.54) is 4.90 Å². The number of imide groups is 1. The molecule has 0 saturated carbocycles. The van der Waals surface area contributed by atoms with Crippen molar-refractivity contribution in [2.45, 2.75) is 37.9 Å². The van der Waals surface area contributed by atoms with Gasteiger partial charge in [0.2, 0.25) is 11.8 Å². The summed E-state index contributed by atoms with van der Waals surface area (Å²) in [6.45, 7) is 0.196. The van der Waals surface area contributed by atoms with Gasteiger partial charge in [0.15, 0.2) is 6.10 Å². The summed E-state index contributed by atoms with van der Waals surface area (Å²) < 4.78 is 5.24. The molecule has 0 aromatic rings. The standard InChI is InChI=1S/C10H13NO5/c12-8-3-4-9(13)11(8)5-6-1-2-7(16-6)10(14)15/h6-7H,1-5H2,(H,14,15). The van der Waals surface area contributed by atoms with Gasteiger partial charge in [-0.1, -0.05) is 0 Å². The van der Waals surface area contributed by atoms with Crippen molar-refractivity contribution in [1.29, 1.82) is 0 Å². The molecule has 0 spiro atoms. The fourth-order valence-electron chi connectivity index (χ4n) is 2.05. The molecule has 0 radical (unpaired) electrons. The highest BCUT2D eigenvalue weighted by Gasteiger charge is 2.36. The van der Waals surface area contributed by atoms with E-state index in [0.717, 1.165) is 0 Å². The van der Waals surface area contributed by atoms with Gasteiger partial charge in [-0.15, -0.1) is 0 Å². The highest BCUT2D eigenvalue weighted by atomic mass is 16.5. The lowest BCUT2D eigenvalue weighted by Gasteiger charge is -2.18. The zero-order valence-electron chi connectivity index (χ0n) is 8.72. The van der Waals surface area contributed by atoms with E-state index in [1.54, 1.807) is 0 Å². The average Bonchev–Trinajstić information content (AvgIpc) is 2.80. The van der Waals surface area contributed by atoms with E-state index in [2.05, 4.69) is 0 Å². The van der Waals surface area contributed by atoms with Crippen LogP contribution in [-0.2, 0) is 19.1 Å². The SMILES string of the molecule is O=C(O)C1CCC(CN2C(=O)CCC2=O)O1. The Morgan fingerprint density at radius 3 is 2.44 bits per heavy atom. The number of rotatable bonds is 3. The molecular weight excluding hydrogens is 214 g/mol. The first-order valence-corrected chi connectivity index (χ1v) is 5.29. The number of nitrogens with zero attached hydrogens (tertiary/aromatic N) is 1. The normalized spacial score (nSPS) is 30.1. The quantitative estimate of drug-likeness (QED) is 0.673. The smallest absolute Gasteiger partial charge is 0.332 e. The molecule has 2 saturated heterocycles. The molecule has 2 unspecified atom stereocenters. The van der Waals surface area contributed by atoms with Crippen molar-refractivity contribution in [3.63, 3.8) is 0 Å². The maximum Gasteiger partial charge on any atom is 0.332 e. The van der Waals surface area contributed by atoms with Crippen LogP contribution >= 0.6 is 0 Å². The maximum absolute atomic E-state index is 11.3. The first-order chi connectivity index (χ1) is 7.58. The maximum atomic E-state index is 11.3. The number of carbonyl (C=O) groups is 3. The molecule has 0 aromatic heterocycles. The van der Waals surface area contributed by atoms with E-state index in [0.29, 0.717) is 12.8 Å². The van der Waals surface area contributed by atoms with Gasteiger partial charge in [0, 0.05) is 12.8 Å². The van der Waals surface area contributed by atoms with E-state index in [-0.39, 0.29) is 37.3 Å². The van der Waals surface area contributed by atoms with Crippen molar-refractivity contribution in [3.05, 3.63) is 0 Å². The summed E-state index contributed by atoms with van der Waals surface area (Å²) in [6, 6.07) is 0. The Morgan fingerprint density at radius 1 is 1.31 bits per heavy atom. The molecule has 16 heavy (non-hydrogen) atoms. The summed E-state index contributed by atoms with van der Waals surface area (Å²) in [5.74, 6) is -1.36. The topological polar surface area (TPSA) is 83.9 Å². The second kappa shape index (κ2) is 4.21. The van der Waals surface area contributed by atoms with Gasteiger partial charge in [-0.25, -0.2) is 4.79 Å². The number of carboxylic acids is 1. The number of hydrogen-bond acceptors (Lipinski definition) is 4. The Balaban J connectivity index is 1.89. The molecule has 88 valence electrons. The Labute approximate surface area is 92.2 Å². The Hall–Kier alpha value is -1.43. The minimum atomic E-state index is -0.985. The number of amides is 2. The summed E-state index contributed by atoms with van der Waals surface area (Å²) >= 11 is 0. The molecule has 1 N–H and O–H groups in total. The third-order valence-electron chi connectivity index (χ3n) is 2.92. The van der Waals surface area contributed by atoms with Crippen LogP contribution in [0.25, 0.3) is 0 Å². The van der Waals surface area contributed by atoms with Crippen LogP contribution in [0.3, 0.4) is 0 Å². The van der Waals surface area contributed by atoms with Crippen LogP contribution in [0.1, 0.15) is 25.7 Å². The van der Waals surface area contributed by atoms with Crippen LogP contribution in [0, 0.1) is 0 Å². The van der Waals surface area contributed by atoms with E-state index in [1.807, 2.05) is 0 Å². The third-order valence-corrected chi connectivity index (χ3v) is 2.92. The first-order valence-electron chi connectivity index (χ1n) is 5.29. The molecule has 2 aliphatic rings. The van der Waals surface area contributed by atoms with Crippen molar-refractivity contribution in [3.8, 4) is 0 Å². The van der Waals surface area contributed by atoms with Crippen LogP contribution in [-0.4, -0.2) is 46.5 Å². The lowest BCUT2D eigenvalue weighted by Crippen LogP contribution is -2.36. The fraction of sp³-hybridized carbons (Fsp3) is 0.700. The lowest BCUT2D eigenvalue weighted by atomic mass is 10.2. The molecule has 2 aliphatic heterocycles. The lowest BCUT2D eigenvalue weighted by molar-refractivity contribution is -0.150. The summed E-state index contributed by atoms with van der Waals surface area (Å²) in [5.41, 5.74) is 0. The predicted octanol–water partition coefficient (Wildman–Crippen LogP) is -0.232. The van der Waals surface area contributed by atoms with Crippen molar-refractivity contribution in [1.82, 2.24) is 4.90 Å². The third kappa shape index (κ3) is 2.06. The molecule has 6 heteroatoms. The Bertz CT molecular complexity index is 324. The fourth-order valence-corrected chi connectivity index (χ4v) is 2.05. The highest BCUT2D eigenvalue weighted by Crippen LogP contribution is 2.22. The van der Waals surface area contributed by atoms with Gasteiger partial charge in [0.1, 0.15) is 0 Å². The van der Waals surface area contributed by atoms with Crippen molar-refractivity contribution >= 4 is 17.8 Å². The number of aliphatic carboxylic acids is 1. The second-order valence-corrected chi connectivity index (χ2v) is 4.06. The molecule has 0 aromatic carbocycles. The van der Waals surface area contributed by atoms with Crippen LogP contribution in [0.5, 0.6) is 0 Å². The van der Waals surface area contributed by atoms with E-state index >= 15 is 0 Å². The summed E-state index contributed by atoms with van der Waals surface area (Å²) in [5, 5.41) is 8.72. The number of carboxylic acid groups (broad SMARTS) is 1. The van der Waals surface area contributed by atoms with Gasteiger partial charge in [0.05, 0.1) is 12.6 Å². The molecule has 2 fully saturated rings. The molecular formula is C10H13NO5. The zero-order chi connectivity index (χ0) is 11.7. The van der Waals surface area contributed by atoms with Crippen LogP contribution in [0.4, 0.5) is 0 Å². The van der Waals surface area contributed by atoms with E-state index in [9.17, 15) is 14.4 Å². The minimum absolute atomic E-state index is 0.188. The molecule has 6 nitrogen and oxygen atoms in total.